The summed E-state index contributed by atoms with van der Waals surface area (Å²) in [5.74, 6) is 0.591. The van der Waals surface area contributed by atoms with E-state index in [1.54, 1.807) is 13.4 Å². The highest BCUT2D eigenvalue weighted by Gasteiger charge is 2.28. The maximum Gasteiger partial charge on any atom is 0.297 e. The zero-order valence-electron chi connectivity index (χ0n) is 13.3. The second-order valence-corrected chi connectivity index (χ2v) is 6.71. The fourth-order valence-electron chi connectivity index (χ4n) is 2.39. The van der Waals surface area contributed by atoms with Crippen LogP contribution in [0.15, 0.2) is 10.7 Å². The summed E-state index contributed by atoms with van der Waals surface area (Å²) >= 11 is 0. The van der Waals surface area contributed by atoms with Gasteiger partial charge in [0.15, 0.2) is 0 Å². The van der Waals surface area contributed by atoms with Crippen molar-refractivity contribution in [2.75, 3.05) is 25.1 Å². The molecule has 2 rings (SSSR count). The van der Waals surface area contributed by atoms with E-state index in [1.807, 2.05) is 0 Å². The van der Waals surface area contributed by atoms with Crippen molar-refractivity contribution < 1.29 is 9.15 Å². The van der Waals surface area contributed by atoms with E-state index in [0.29, 0.717) is 11.9 Å². The predicted octanol–water partition coefficient (Wildman–Crippen LogP) is 2.42. The smallest absolute Gasteiger partial charge is 0.297 e. The Morgan fingerprint density at radius 3 is 2.90 bits per heavy atom. The van der Waals surface area contributed by atoms with Crippen LogP contribution in [-0.4, -0.2) is 36.8 Å². The van der Waals surface area contributed by atoms with Crippen molar-refractivity contribution in [3.63, 3.8) is 0 Å². The molecule has 0 aromatic carbocycles. The van der Waals surface area contributed by atoms with E-state index in [-0.39, 0.29) is 11.6 Å². The molecule has 5 heteroatoms. The fourth-order valence-corrected chi connectivity index (χ4v) is 2.39. The molecule has 1 saturated heterocycles. The van der Waals surface area contributed by atoms with Crippen molar-refractivity contribution in [3.05, 3.63) is 12.0 Å². The van der Waals surface area contributed by atoms with Gasteiger partial charge in [-0.15, -0.1) is 0 Å². The summed E-state index contributed by atoms with van der Waals surface area (Å²) < 4.78 is 11.1. The molecule has 1 N–H and O–H groups in total. The molecule has 0 amide bonds. The Balaban J connectivity index is 1.95. The van der Waals surface area contributed by atoms with Crippen molar-refractivity contribution >= 4 is 6.01 Å². The lowest BCUT2D eigenvalue weighted by molar-refractivity contribution is 0.0486. The minimum absolute atomic E-state index is 0.0841. The monoisotopic (exact) mass is 281 g/mol. The summed E-state index contributed by atoms with van der Waals surface area (Å²) in [6.45, 7) is 11.2. The Labute approximate surface area is 121 Å². The first kappa shape index (κ1) is 15.3. The molecule has 0 aliphatic carbocycles. The number of hydrogen-bond acceptors (Lipinski definition) is 5. The van der Waals surface area contributed by atoms with Crippen molar-refractivity contribution in [2.24, 2.45) is 5.92 Å². The number of nitrogens with zero attached hydrogens (tertiary/aromatic N) is 2. The SMILES string of the molecule is COC1CN(c2nc(CNC(C)(C)C)co2)CCC1C. The molecule has 2 atom stereocenters. The zero-order valence-corrected chi connectivity index (χ0v) is 13.3. The number of oxazole rings is 1. The van der Waals surface area contributed by atoms with Crippen LogP contribution in [0, 0.1) is 5.92 Å². The maximum absolute atomic E-state index is 5.62. The molecule has 0 saturated carbocycles. The molecule has 2 heterocycles. The van der Waals surface area contributed by atoms with E-state index in [4.69, 9.17) is 9.15 Å². The lowest BCUT2D eigenvalue weighted by Crippen LogP contribution is -2.44. The minimum Gasteiger partial charge on any atom is -0.432 e. The fraction of sp³-hybridized carbons (Fsp3) is 0.800. The number of ether oxygens (including phenoxy) is 1. The van der Waals surface area contributed by atoms with E-state index in [9.17, 15) is 0 Å². The lowest BCUT2D eigenvalue weighted by Gasteiger charge is -2.35. The number of methoxy groups -OCH3 is 1. The highest BCUT2D eigenvalue weighted by Crippen LogP contribution is 2.24. The third-order valence-corrected chi connectivity index (χ3v) is 3.80. The van der Waals surface area contributed by atoms with E-state index < -0.39 is 0 Å². The summed E-state index contributed by atoms with van der Waals surface area (Å²) in [4.78, 5) is 6.75. The number of aromatic nitrogens is 1. The Morgan fingerprint density at radius 1 is 1.50 bits per heavy atom. The molecule has 1 aromatic heterocycles. The van der Waals surface area contributed by atoms with Crippen molar-refractivity contribution in [1.82, 2.24) is 10.3 Å². The van der Waals surface area contributed by atoms with Crippen LogP contribution in [0.3, 0.4) is 0 Å². The molecule has 5 nitrogen and oxygen atoms in total. The molecule has 1 aliphatic heterocycles. The van der Waals surface area contributed by atoms with E-state index >= 15 is 0 Å². The Hall–Kier alpha value is -1.07. The van der Waals surface area contributed by atoms with Crippen LogP contribution in [-0.2, 0) is 11.3 Å². The second kappa shape index (κ2) is 6.14. The third kappa shape index (κ3) is 3.96. The largest absolute Gasteiger partial charge is 0.432 e. The number of rotatable bonds is 4. The first-order valence-electron chi connectivity index (χ1n) is 7.36. The van der Waals surface area contributed by atoms with Crippen LogP contribution in [0.4, 0.5) is 6.01 Å². The van der Waals surface area contributed by atoms with Gasteiger partial charge in [0.05, 0.1) is 11.8 Å². The quantitative estimate of drug-likeness (QED) is 0.918. The first-order chi connectivity index (χ1) is 9.39. The number of piperidine rings is 1. The third-order valence-electron chi connectivity index (χ3n) is 3.80. The van der Waals surface area contributed by atoms with Gasteiger partial charge in [0.2, 0.25) is 0 Å². The molecule has 0 spiro atoms. The van der Waals surface area contributed by atoms with Crippen LogP contribution in [0.25, 0.3) is 0 Å². The lowest BCUT2D eigenvalue weighted by atomic mass is 9.96. The summed E-state index contributed by atoms with van der Waals surface area (Å²) in [5, 5.41) is 3.42. The zero-order chi connectivity index (χ0) is 14.8. The van der Waals surface area contributed by atoms with Crippen molar-refractivity contribution in [1.29, 1.82) is 0 Å². The molecule has 20 heavy (non-hydrogen) atoms. The molecular formula is C15H27N3O2. The molecule has 1 fully saturated rings. The van der Waals surface area contributed by atoms with Gasteiger partial charge in [-0.1, -0.05) is 6.92 Å². The van der Waals surface area contributed by atoms with Gasteiger partial charge in [-0.3, -0.25) is 0 Å². The van der Waals surface area contributed by atoms with Gasteiger partial charge >= 0.3 is 0 Å². The highest BCUT2D eigenvalue weighted by molar-refractivity contribution is 5.28. The standard InChI is InChI=1S/C15H27N3O2/c1-11-6-7-18(9-13(11)19-5)14-17-12(10-20-14)8-16-15(2,3)4/h10-11,13,16H,6-9H2,1-5H3. The number of hydrogen-bond donors (Lipinski definition) is 1. The molecular weight excluding hydrogens is 254 g/mol. The summed E-state index contributed by atoms with van der Waals surface area (Å²) in [6, 6.07) is 0.713. The van der Waals surface area contributed by atoms with Crippen LogP contribution in [0.2, 0.25) is 0 Å². The topological polar surface area (TPSA) is 50.5 Å². The average Bonchev–Trinajstić information content (AvgIpc) is 2.85. The first-order valence-corrected chi connectivity index (χ1v) is 7.36. The summed E-state index contributed by atoms with van der Waals surface area (Å²) in [7, 11) is 1.78. The maximum atomic E-state index is 5.62. The van der Waals surface area contributed by atoms with Gasteiger partial charge in [-0.2, -0.15) is 4.98 Å². The van der Waals surface area contributed by atoms with Gasteiger partial charge in [0, 0.05) is 32.3 Å². The second-order valence-electron chi connectivity index (χ2n) is 6.71. The molecule has 0 radical (unpaired) electrons. The number of anilines is 1. The van der Waals surface area contributed by atoms with Gasteiger partial charge in [-0.05, 0) is 33.1 Å². The summed E-state index contributed by atoms with van der Waals surface area (Å²) in [5.41, 5.74) is 1.03. The predicted molar refractivity (Wildman–Crippen MR) is 79.9 cm³/mol. The summed E-state index contributed by atoms with van der Waals surface area (Å²) in [6.07, 6.45) is 3.11. The van der Waals surface area contributed by atoms with Crippen LogP contribution in [0.1, 0.15) is 39.8 Å². The number of nitrogens with one attached hydrogen (secondary N) is 1. The molecule has 1 aliphatic rings. The van der Waals surface area contributed by atoms with Crippen LogP contribution >= 0.6 is 0 Å². The Bertz CT molecular complexity index is 425. The molecule has 2 unspecified atom stereocenters. The van der Waals surface area contributed by atoms with Crippen molar-refractivity contribution in [3.8, 4) is 0 Å². The Kier molecular flexibility index (Phi) is 4.70. The average molecular weight is 281 g/mol. The van der Waals surface area contributed by atoms with E-state index in [0.717, 1.165) is 31.7 Å². The van der Waals surface area contributed by atoms with Gasteiger partial charge in [0.1, 0.15) is 6.26 Å². The van der Waals surface area contributed by atoms with E-state index in [2.05, 4.69) is 42.9 Å². The van der Waals surface area contributed by atoms with Gasteiger partial charge < -0.3 is 19.4 Å². The minimum atomic E-state index is 0.0841. The highest BCUT2D eigenvalue weighted by atomic mass is 16.5. The normalized spacial score (nSPS) is 24.1. The molecule has 114 valence electrons. The van der Waals surface area contributed by atoms with Crippen LogP contribution < -0.4 is 10.2 Å². The Morgan fingerprint density at radius 2 is 2.25 bits per heavy atom. The van der Waals surface area contributed by atoms with Crippen LogP contribution in [0.5, 0.6) is 0 Å². The van der Waals surface area contributed by atoms with E-state index in [1.165, 1.54) is 0 Å². The van der Waals surface area contributed by atoms with Gasteiger partial charge in [0.25, 0.3) is 6.01 Å². The van der Waals surface area contributed by atoms with Gasteiger partial charge in [-0.25, -0.2) is 0 Å². The molecule has 1 aromatic rings. The molecule has 0 bridgehead atoms. The van der Waals surface area contributed by atoms with Crippen molar-refractivity contribution in [2.45, 2.75) is 52.3 Å².